The minimum Gasteiger partial charge on any atom is -0.462 e. The van der Waals surface area contributed by atoms with Crippen molar-refractivity contribution in [2.45, 2.75) is 105 Å². The molecule has 3 fully saturated rings. The van der Waals surface area contributed by atoms with Gasteiger partial charge in [0.2, 0.25) is 0 Å². The van der Waals surface area contributed by atoms with Crippen LogP contribution >= 0.6 is 0 Å². The topological polar surface area (TPSA) is 35.5 Å². The highest BCUT2D eigenvalue weighted by molar-refractivity contribution is 5.66. The van der Waals surface area contributed by atoms with E-state index in [2.05, 4.69) is 46.8 Å². The van der Waals surface area contributed by atoms with E-state index in [-0.39, 0.29) is 17.5 Å². The summed E-state index contributed by atoms with van der Waals surface area (Å²) < 4.78 is 11.9. The van der Waals surface area contributed by atoms with Crippen LogP contribution < -0.4 is 0 Å². The Morgan fingerprint density at radius 3 is 2.55 bits per heavy atom. The number of esters is 1. The van der Waals surface area contributed by atoms with Crippen molar-refractivity contribution >= 4 is 5.97 Å². The van der Waals surface area contributed by atoms with Gasteiger partial charge in [0.05, 0.1) is 6.10 Å². The van der Waals surface area contributed by atoms with Crippen LogP contribution in [0.25, 0.3) is 0 Å². The maximum atomic E-state index is 11.5. The molecule has 174 valence electrons. The van der Waals surface area contributed by atoms with Crippen LogP contribution in [0, 0.1) is 34.5 Å². The van der Waals surface area contributed by atoms with Crippen molar-refractivity contribution in [2.75, 3.05) is 6.61 Å². The highest BCUT2D eigenvalue weighted by Gasteiger charge is 2.57. The van der Waals surface area contributed by atoms with Crippen molar-refractivity contribution < 1.29 is 14.3 Å². The predicted octanol–water partition coefficient (Wildman–Crippen LogP) is 6.87. The fourth-order valence-electron chi connectivity index (χ4n) is 7.72. The molecule has 0 aromatic heterocycles. The number of rotatable bonds is 6. The van der Waals surface area contributed by atoms with Gasteiger partial charge in [-0.15, -0.1) is 0 Å². The molecule has 3 nitrogen and oxygen atoms in total. The van der Waals surface area contributed by atoms with E-state index in [9.17, 15) is 4.79 Å². The van der Waals surface area contributed by atoms with Gasteiger partial charge in [-0.1, -0.05) is 51.0 Å². The third-order valence-electron chi connectivity index (χ3n) is 9.57. The molecule has 1 unspecified atom stereocenters. The molecule has 0 saturated heterocycles. The van der Waals surface area contributed by atoms with Crippen LogP contribution in [0.2, 0.25) is 0 Å². The van der Waals surface area contributed by atoms with Crippen LogP contribution in [0.15, 0.2) is 23.3 Å². The number of carbonyl (C=O) groups excluding carboxylic acids is 1. The Morgan fingerprint density at radius 2 is 1.84 bits per heavy atom. The van der Waals surface area contributed by atoms with E-state index in [0.29, 0.717) is 35.2 Å². The maximum absolute atomic E-state index is 11.5. The van der Waals surface area contributed by atoms with Gasteiger partial charge in [0.25, 0.3) is 0 Å². The first-order chi connectivity index (χ1) is 14.6. The van der Waals surface area contributed by atoms with E-state index < -0.39 is 0 Å². The summed E-state index contributed by atoms with van der Waals surface area (Å²) in [6.07, 6.45) is 14.8. The molecule has 4 aliphatic carbocycles. The SMILES string of the molecule is CC(=O)O[C@H]1CC[C@@]2(C)C(=CC=C3[C@@H]4CC[C@H](C(C)OCCC(C)C)[C@@]4(C)CC[C@@H]32)C1. The number of hydrogen-bond acceptors (Lipinski definition) is 3. The second-order valence-corrected chi connectivity index (χ2v) is 11.8. The van der Waals surface area contributed by atoms with Crippen molar-refractivity contribution in [2.24, 2.45) is 34.5 Å². The maximum Gasteiger partial charge on any atom is 0.302 e. The molecule has 4 aliphatic rings. The van der Waals surface area contributed by atoms with Crippen molar-refractivity contribution in [3.63, 3.8) is 0 Å². The number of ether oxygens (including phenoxy) is 2. The van der Waals surface area contributed by atoms with Gasteiger partial charge in [0, 0.05) is 20.0 Å². The zero-order valence-electron chi connectivity index (χ0n) is 20.7. The lowest BCUT2D eigenvalue weighted by Gasteiger charge is -2.55. The van der Waals surface area contributed by atoms with Crippen LogP contribution in [0.3, 0.4) is 0 Å². The zero-order valence-corrected chi connectivity index (χ0v) is 20.7. The van der Waals surface area contributed by atoms with Crippen molar-refractivity contribution in [1.82, 2.24) is 0 Å². The van der Waals surface area contributed by atoms with Gasteiger partial charge in [-0.2, -0.15) is 0 Å². The van der Waals surface area contributed by atoms with Crippen molar-refractivity contribution in [1.29, 1.82) is 0 Å². The quantitative estimate of drug-likeness (QED) is 0.433. The lowest BCUT2D eigenvalue weighted by atomic mass is 9.50. The fraction of sp³-hybridized carbons (Fsp3) is 0.821. The van der Waals surface area contributed by atoms with Gasteiger partial charge >= 0.3 is 5.97 Å². The highest BCUT2D eigenvalue weighted by atomic mass is 16.5. The van der Waals surface area contributed by atoms with E-state index in [0.717, 1.165) is 32.3 Å². The largest absolute Gasteiger partial charge is 0.462 e. The summed E-state index contributed by atoms with van der Waals surface area (Å²) in [5.41, 5.74) is 3.86. The van der Waals surface area contributed by atoms with Crippen LogP contribution in [0.1, 0.15) is 92.9 Å². The first-order valence-electron chi connectivity index (χ1n) is 12.8. The lowest BCUT2D eigenvalue weighted by molar-refractivity contribution is -0.148. The first kappa shape index (κ1) is 23.1. The number of hydrogen-bond donors (Lipinski definition) is 0. The molecule has 0 N–H and O–H groups in total. The summed E-state index contributed by atoms with van der Waals surface area (Å²) in [6, 6.07) is 0. The molecule has 0 amide bonds. The molecule has 4 rings (SSSR count). The summed E-state index contributed by atoms with van der Waals surface area (Å²) in [7, 11) is 0. The van der Waals surface area contributed by atoms with Gasteiger partial charge in [-0.25, -0.2) is 0 Å². The molecule has 0 heterocycles. The van der Waals surface area contributed by atoms with Crippen molar-refractivity contribution in [3.8, 4) is 0 Å². The van der Waals surface area contributed by atoms with E-state index in [4.69, 9.17) is 9.47 Å². The van der Waals surface area contributed by atoms with Gasteiger partial charge in [0.15, 0.2) is 0 Å². The van der Waals surface area contributed by atoms with E-state index in [1.165, 1.54) is 38.2 Å². The Morgan fingerprint density at radius 1 is 1.06 bits per heavy atom. The van der Waals surface area contributed by atoms with Gasteiger partial charge in [0.1, 0.15) is 6.10 Å². The Kier molecular flexibility index (Phi) is 6.47. The van der Waals surface area contributed by atoms with Crippen LogP contribution in [0.5, 0.6) is 0 Å². The Balaban J connectivity index is 1.51. The number of fused-ring (bicyclic) bond motifs is 5. The summed E-state index contributed by atoms with van der Waals surface area (Å²) in [5.74, 6) is 2.61. The molecule has 0 aromatic carbocycles. The van der Waals surface area contributed by atoms with Crippen molar-refractivity contribution in [3.05, 3.63) is 23.3 Å². The molecule has 3 saturated carbocycles. The average Bonchev–Trinajstić information content (AvgIpc) is 3.05. The molecule has 0 aliphatic heterocycles. The third-order valence-corrected chi connectivity index (χ3v) is 9.57. The van der Waals surface area contributed by atoms with E-state index in [1.54, 1.807) is 5.57 Å². The average molecular weight is 429 g/mol. The first-order valence-corrected chi connectivity index (χ1v) is 12.8. The van der Waals surface area contributed by atoms with Gasteiger partial charge in [-0.05, 0) is 86.4 Å². The summed E-state index contributed by atoms with van der Waals surface area (Å²) >= 11 is 0. The third kappa shape index (κ3) is 4.16. The second-order valence-electron chi connectivity index (χ2n) is 11.8. The van der Waals surface area contributed by atoms with E-state index in [1.807, 2.05) is 0 Å². The Bertz CT molecular complexity index is 749. The van der Waals surface area contributed by atoms with Crippen LogP contribution in [0.4, 0.5) is 0 Å². The minimum atomic E-state index is -0.142. The van der Waals surface area contributed by atoms with Crippen LogP contribution in [-0.2, 0) is 14.3 Å². The minimum absolute atomic E-state index is 0.0697. The molecule has 31 heavy (non-hydrogen) atoms. The molecule has 7 atom stereocenters. The lowest BCUT2D eigenvalue weighted by Crippen LogP contribution is -2.47. The monoisotopic (exact) mass is 428 g/mol. The zero-order chi connectivity index (χ0) is 22.4. The fourth-order valence-corrected chi connectivity index (χ4v) is 7.72. The normalized spacial score (nSPS) is 40.4. The second kappa shape index (κ2) is 8.69. The summed E-state index contributed by atoms with van der Waals surface area (Å²) in [5, 5.41) is 0. The predicted molar refractivity (Wildman–Crippen MR) is 126 cm³/mol. The van der Waals surface area contributed by atoms with Crippen LogP contribution in [-0.4, -0.2) is 24.8 Å². The van der Waals surface area contributed by atoms with E-state index >= 15 is 0 Å². The summed E-state index contributed by atoms with van der Waals surface area (Å²) in [6.45, 7) is 14.4. The summed E-state index contributed by atoms with van der Waals surface area (Å²) in [4.78, 5) is 11.5. The molecule has 0 spiro atoms. The van der Waals surface area contributed by atoms with Gasteiger partial charge in [-0.3, -0.25) is 4.79 Å². The molecule has 0 radical (unpaired) electrons. The molecule has 0 aromatic rings. The number of carbonyl (C=O) groups is 1. The molecular formula is C28H44O3. The van der Waals surface area contributed by atoms with Gasteiger partial charge < -0.3 is 9.47 Å². The Hall–Kier alpha value is -1.09. The molecular weight excluding hydrogens is 384 g/mol. The smallest absolute Gasteiger partial charge is 0.302 e. The Labute approximate surface area is 190 Å². The number of allylic oxidation sites excluding steroid dienone is 3. The standard InChI is InChI=1S/C28H44O3/c1-18(2)13-16-30-19(3)24-9-10-25-23-8-7-21-17-22(31-20(4)29)11-14-27(21,5)26(23)12-15-28(24,25)6/h7-8,18-19,22,24-26H,9-17H2,1-6H3/t19?,22-,24+,25-,26-,27-,28+/m0/s1. The molecule has 0 bridgehead atoms. The highest BCUT2D eigenvalue weighted by Crippen LogP contribution is 2.65. The molecule has 3 heteroatoms.